The summed E-state index contributed by atoms with van der Waals surface area (Å²) in [6, 6.07) is 10.1. The minimum atomic E-state index is -5.39. The van der Waals surface area contributed by atoms with Crippen molar-refractivity contribution < 1.29 is 117 Å². The Morgan fingerprint density at radius 2 is 1.30 bits per heavy atom. The zero-order chi connectivity index (χ0) is 18.1. The molecule has 0 saturated carbocycles. The van der Waals surface area contributed by atoms with E-state index in [4.69, 9.17) is 24.0 Å². The molecule has 1 aromatic carbocycles. The number of unbranched alkanes of at least 4 members (excludes halogenated alkanes) is 6. The number of rotatable bonds is 9. The van der Waals surface area contributed by atoms with E-state index in [1.807, 2.05) is 30.3 Å². The van der Waals surface area contributed by atoms with E-state index < -0.39 is 7.82 Å². The minimum Gasteiger partial charge on any atom is -0.822 e. The average Bonchev–Trinajstić information content (AvgIpc) is 3.38. The molecule has 0 radical (unpaired) electrons. The van der Waals surface area contributed by atoms with E-state index in [0.717, 1.165) is 25.6 Å². The topological polar surface area (TPSA) is 108 Å². The van der Waals surface area contributed by atoms with Crippen molar-refractivity contribution in [3.63, 3.8) is 0 Å². The molecule has 0 bridgehead atoms. The summed E-state index contributed by atoms with van der Waals surface area (Å²) >= 11 is 0. The summed E-state index contributed by atoms with van der Waals surface area (Å²) in [6.07, 6.45) is 9.35. The van der Waals surface area contributed by atoms with Crippen molar-refractivity contribution in [1.29, 1.82) is 0 Å². The maximum Gasteiger partial charge on any atom is 1.00 e. The van der Waals surface area contributed by atoms with Crippen LogP contribution >= 0.6 is 7.82 Å². The third-order valence-corrected chi connectivity index (χ3v) is 2.96. The normalized spacial score (nSPS) is 11.0. The van der Waals surface area contributed by atoms with Gasteiger partial charge in [0.2, 0.25) is 0 Å². The van der Waals surface area contributed by atoms with Crippen LogP contribution in [0.2, 0.25) is 0 Å². The van der Waals surface area contributed by atoms with Crippen LogP contribution in [-0.2, 0) is 9.30 Å². The van der Waals surface area contributed by atoms with E-state index in [2.05, 4.69) is 11.7 Å². The van der Waals surface area contributed by atoms with Crippen molar-refractivity contribution in [2.75, 3.05) is 19.8 Å². The molecule has 0 amide bonds. The van der Waals surface area contributed by atoms with E-state index in [1.54, 1.807) is 0 Å². The zero-order valence-corrected chi connectivity index (χ0v) is 24.2. The summed E-state index contributed by atoms with van der Waals surface area (Å²) in [4.78, 5) is 25.6. The van der Waals surface area contributed by atoms with Crippen molar-refractivity contribution in [2.45, 2.75) is 51.9 Å². The predicted molar refractivity (Wildman–Crippen MR) is 88.4 cm³/mol. The molecule has 1 aliphatic rings. The summed E-state index contributed by atoms with van der Waals surface area (Å²) in [5.41, 5.74) is 0. The Morgan fingerprint density at radius 3 is 1.70 bits per heavy atom. The van der Waals surface area contributed by atoms with E-state index in [1.165, 1.54) is 44.9 Å². The van der Waals surface area contributed by atoms with Crippen molar-refractivity contribution in [2.24, 2.45) is 0 Å². The van der Waals surface area contributed by atoms with Gasteiger partial charge in [-0.05, 0) is 18.6 Å². The number of hydrogen-bond acceptors (Lipinski definition) is 6. The first-order valence-electron chi connectivity index (χ1n) is 8.42. The summed E-state index contributed by atoms with van der Waals surface area (Å²) < 4.78 is 18.7. The number of benzene rings is 1. The second kappa shape index (κ2) is 26.1. The zero-order valence-electron chi connectivity index (χ0n) is 17.4. The summed E-state index contributed by atoms with van der Waals surface area (Å²) in [5, 5.41) is 0. The molecule has 2 rings (SSSR count). The van der Waals surface area contributed by atoms with Crippen LogP contribution in [0, 0.1) is 0 Å². The number of ether oxygens (including phenoxy) is 2. The Labute approximate surface area is 230 Å². The first kappa shape index (κ1) is 36.5. The van der Waals surface area contributed by atoms with Gasteiger partial charge in [0.25, 0.3) is 0 Å². The van der Waals surface area contributed by atoms with Crippen LogP contribution in [0.25, 0.3) is 0 Å². The molecule has 0 aromatic heterocycles. The summed E-state index contributed by atoms with van der Waals surface area (Å²) in [6.45, 7) is 5.12. The van der Waals surface area contributed by atoms with Crippen LogP contribution in [0.1, 0.15) is 51.9 Å². The van der Waals surface area contributed by atoms with Gasteiger partial charge in [-0.25, -0.2) is 0 Å². The molecule has 1 aromatic rings. The molecule has 0 aliphatic carbocycles. The Morgan fingerprint density at radius 1 is 0.889 bits per heavy atom. The minimum absolute atomic E-state index is 0. The number of hydrogen-bond donors (Lipinski definition) is 0. The average molecular weight is 428 g/mol. The Bertz CT molecular complexity index is 421. The van der Waals surface area contributed by atoms with Gasteiger partial charge in [-0.1, -0.05) is 63.6 Å². The molecule has 1 saturated heterocycles. The fourth-order valence-electron chi connectivity index (χ4n) is 1.77. The SMILES string of the molecule is C1CO1.CCCCCCCCCOc1ccccc1.O=P([O-])([O-])[O-].[Na+].[Na+].[Na+]. The maximum absolute atomic E-state index is 8.55. The molecule has 0 N–H and O–H groups in total. The molecule has 0 atom stereocenters. The standard InChI is InChI=1S/C15H24O.C2H4O.3Na.H3O4P/c1-2-3-4-5-6-7-11-14-16-15-12-9-8-10-13-15;1-2-3-1;;;;1-5(2,3)4/h8-10,12-13H,2-7,11,14H2,1H3;1-2H2;;;;(H3,1,2,3,4)/q;;3*+1;/p-3. The molecule has 0 spiro atoms. The largest absolute Gasteiger partial charge is 1.00 e. The van der Waals surface area contributed by atoms with Gasteiger partial charge in [-0.15, -0.1) is 0 Å². The van der Waals surface area contributed by atoms with Crippen LogP contribution in [-0.4, -0.2) is 19.8 Å². The van der Waals surface area contributed by atoms with Gasteiger partial charge in [-0.3, -0.25) is 0 Å². The number of epoxide rings is 1. The molecule has 6 nitrogen and oxygen atoms in total. The summed E-state index contributed by atoms with van der Waals surface area (Å²) in [5.74, 6) is 0.994. The first-order valence-corrected chi connectivity index (χ1v) is 9.88. The van der Waals surface area contributed by atoms with Crippen LogP contribution in [0.5, 0.6) is 5.75 Å². The van der Waals surface area contributed by atoms with E-state index >= 15 is 0 Å². The Hall–Kier alpha value is 2.09. The van der Waals surface area contributed by atoms with Crippen molar-refractivity contribution in [3.05, 3.63) is 30.3 Å². The molecule has 1 fully saturated rings. The third-order valence-electron chi connectivity index (χ3n) is 2.96. The Kier molecular flexibility index (Phi) is 35.3. The van der Waals surface area contributed by atoms with Gasteiger partial charge in [0.05, 0.1) is 19.8 Å². The van der Waals surface area contributed by atoms with E-state index in [-0.39, 0.29) is 88.7 Å². The van der Waals surface area contributed by atoms with Gasteiger partial charge < -0.3 is 28.7 Å². The van der Waals surface area contributed by atoms with E-state index in [0.29, 0.717) is 0 Å². The molecular weight excluding hydrogens is 400 g/mol. The smallest absolute Gasteiger partial charge is 0.822 e. The van der Waals surface area contributed by atoms with Crippen molar-refractivity contribution in [1.82, 2.24) is 0 Å². The molecule has 27 heavy (non-hydrogen) atoms. The fourth-order valence-corrected chi connectivity index (χ4v) is 1.77. The quantitative estimate of drug-likeness (QED) is 0.167. The first-order chi connectivity index (χ1) is 11.4. The van der Waals surface area contributed by atoms with Crippen molar-refractivity contribution >= 4 is 7.82 Å². The Balaban J connectivity index is -0.000000203. The monoisotopic (exact) mass is 428 g/mol. The number of para-hydroxylation sites is 1. The van der Waals surface area contributed by atoms with Gasteiger partial charge in [-0.2, -0.15) is 7.82 Å². The molecule has 10 heteroatoms. The second-order valence-corrected chi connectivity index (χ2v) is 6.24. The van der Waals surface area contributed by atoms with Crippen LogP contribution in [0.3, 0.4) is 0 Å². The molecule has 140 valence electrons. The molecule has 1 aliphatic heterocycles. The second-order valence-electron chi connectivity index (χ2n) is 5.34. The predicted octanol–water partition coefficient (Wildman–Crippen LogP) is -6.98. The molecule has 0 unspecified atom stereocenters. The van der Waals surface area contributed by atoms with E-state index in [9.17, 15) is 0 Å². The summed E-state index contributed by atoms with van der Waals surface area (Å²) in [7, 11) is -5.39. The van der Waals surface area contributed by atoms with Gasteiger partial charge in [0.15, 0.2) is 0 Å². The third kappa shape index (κ3) is 43.0. The molecular formula is C17H28Na3O6P. The fraction of sp³-hybridized carbons (Fsp3) is 0.647. The van der Waals surface area contributed by atoms with Crippen molar-refractivity contribution in [3.8, 4) is 5.75 Å². The van der Waals surface area contributed by atoms with Gasteiger partial charge in [0.1, 0.15) is 5.75 Å². The molecule has 1 heterocycles. The van der Waals surface area contributed by atoms with Crippen LogP contribution < -0.4 is 108 Å². The number of phosphoric acid groups is 1. The van der Waals surface area contributed by atoms with Crippen LogP contribution in [0.15, 0.2) is 30.3 Å². The van der Waals surface area contributed by atoms with Gasteiger partial charge >= 0.3 is 88.7 Å². The van der Waals surface area contributed by atoms with Gasteiger partial charge in [0, 0.05) is 0 Å². The van der Waals surface area contributed by atoms with Crippen LogP contribution in [0.4, 0.5) is 0 Å². The maximum atomic E-state index is 8.55.